The largest absolute Gasteiger partial charge is 0.493 e. The number of nitrogens with zero attached hydrogens (tertiary/aromatic N) is 5. The maximum atomic E-state index is 13.5. The first-order chi connectivity index (χ1) is 17.0. The van der Waals surface area contributed by atoms with Crippen LogP contribution in [-0.4, -0.2) is 70.1 Å². The number of amides is 1. The van der Waals surface area contributed by atoms with Crippen LogP contribution in [0.3, 0.4) is 0 Å². The lowest BCUT2D eigenvalue weighted by Gasteiger charge is -2.25. The third kappa shape index (κ3) is 6.28. The van der Waals surface area contributed by atoms with Crippen molar-refractivity contribution in [2.45, 2.75) is 46.6 Å². The number of halogens is 1. The van der Waals surface area contributed by atoms with E-state index in [4.69, 9.17) is 9.47 Å². The van der Waals surface area contributed by atoms with Crippen molar-refractivity contribution in [3.8, 4) is 11.5 Å². The lowest BCUT2D eigenvalue weighted by molar-refractivity contribution is 0.0944. The number of carbonyl (C=O) groups excluding carboxylic acids is 2. The van der Waals surface area contributed by atoms with Gasteiger partial charge in [-0.25, -0.2) is 4.68 Å². The molecule has 11 nitrogen and oxygen atoms in total. The fourth-order valence-corrected chi connectivity index (χ4v) is 3.85. The number of aryl methyl sites for hydroxylation is 1. The van der Waals surface area contributed by atoms with E-state index >= 15 is 0 Å². The third-order valence-corrected chi connectivity index (χ3v) is 5.55. The average molecular weight is 535 g/mol. The number of aliphatic hydroxyl groups is 1. The summed E-state index contributed by atoms with van der Waals surface area (Å²) in [5.41, 5.74) is 2.65. The van der Waals surface area contributed by atoms with Gasteiger partial charge in [0.05, 0.1) is 13.7 Å². The fraction of sp³-hybridized carbons (Fsp3) is 0.480. The summed E-state index contributed by atoms with van der Waals surface area (Å²) in [6.45, 7) is 9.96. The number of rotatable bonds is 9. The van der Waals surface area contributed by atoms with Gasteiger partial charge in [0.15, 0.2) is 22.9 Å². The van der Waals surface area contributed by atoms with Crippen LogP contribution in [0.4, 0.5) is 0 Å². The molecule has 1 amide bonds. The number of aromatic nitrogens is 4. The van der Waals surface area contributed by atoms with Crippen LogP contribution < -0.4 is 20.4 Å². The molecule has 202 valence electrons. The van der Waals surface area contributed by atoms with Gasteiger partial charge in [-0.2, -0.15) is 9.61 Å². The van der Waals surface area contributed by atoms with E-state index in [2.05, 4.69) is 20.5 Å². The number of ether oxygens (including phenoxy) is 2. The zero-order valence-corrected chi connectivity index (χ0v) is 23.1. The Hall–Kier alpha value is -3.44. The highest BCUT2D eigenvalue weighted by Gasteiger charge is 2.25. The molecular formula is C25H35ClN6O5. The number of nitrogens with one attached hydrogen (secondary N) is 1. The molecule has 2 N–H and O–H groups in total. The number of Topliss-reactive ketones (excluding diaryl/α,β-unsaturated/α-hetero) is 1. The van der Waals surface area contributed by atoms with Crippen molar-refractivity contribution >= 4 is 29.7 Å². The monoisotopic (exact) mass is 534 g/mol. The lowest BCUT2D eigenvalue weighted by atomic mass is 9.84. The van der Waals surface area contributed by atoms with Crippen molar-refractivity contribution in [1.29, 1.82) is 0 Å². The summed E-state index contributed by atoms with van der Waals surface area (Å²) >= 11 is 0. The molecule has 1 aromatic carbocycles. The fourth-order valence-electron chi connectivity index (χ4n) is 3.85. The lowest BCUT2D eigenvalue weighted by Crippen LogP contribution is -2.29. The normalized spacial score (nSPS) is 11.8. The van der Waals surface area contributed by atoms with Crippen LogP contribution in [0.5, 0.6) is 11.5 Å². The minimum absolute atomic E-state index is 0. The van der Waals surface area contributed by atoms with E-state index in [9.17, 15) is 14.7 Å². The van der Waals surface area contributed by atoms with Crippen LogP contribution in [0, 0.1) is 6.92 Å². The van der Waals surface area contributed by atoms with E-state index in [0.717, 1.165) is 11.1 Å². The molecule has 0 radical (unpaired) electrons. The van der Waals surface area contributed by atoms with Crippen LogP contribution >= 0.6 is 12.4 Å². The highest BCUT2D eigenvalue weighted by Crippen LogP contribution is 2.39. The Bertz CT molecular complexity index is 1360. The quantitative estimate of drug-likeness (QED) is 0.402. The summed E-state index contributed by atoms with van der Waals surface area (Å²) in [7, 11) is 3.12. The summed E-state index contributed by atoms with van der Waals surface area (Å²) in [5, 5.41) is 20.9. The molecule has 3 aromatic rings. The van der Waals surface area contributed by atoms with Gasteiger partial charge in [-0.1, -0.05) is 20.8 Å². The number of methoxy groups -OCH3 is 1. The number of hydrogen-bond donors (Lipinski definition) is 2. The molecule has 2 aromatic heterocycles. The molecule has 0 fully saturated rings. The number of hydrogen-bond acceptors (Lipinski definition) is 8. The third-order valence-electron chi connectivity index (χ3n) is 5.55. The summed E-state index contributed by atoms with van der Waals surface area (Å²) in [5.74, 6) is 0.378. The van der Waals surface area contributed by atoms with E-state index < -0.39 is 0 Å². The van der Waals surface area contributed by atoms with Crippen molar-refractivity contribution in [2.24, 2.45) is 4.99 Å². The molecule has 0 spiro atoms. The van der Waals surface area contributed by atoms with Gasteiger partial charge >= 0.3 is 0 Å². The number of benzene rings is 1. The van der Waals surface area contributed by atoms with Gasteiger partial charge in [0, 0.05) is 24.7 Å². The molecule has 0 atom stereocenters. The van der Waals surface area contributed by atoms with E-state index in [1.807, 2.05) is 34.6 Å². The summed E-state index contributed by atoms with van der Waals surface area (Å²) in [4.78, 5) is 30.1. The van der Waals surface area contributed by atoms with Gasteiger partial charge in [0.1, 0.15) is 18.8 Å². The zero-order valence-electron chi connectivity index (χ0n) is 22.3. The zero-order chi connectivity index (χ0) is 26.6. The minimum Gasteiger partial charge on any atom is -0.493 e. The van der Waals surface area contributed by atoms with Crippen LogP contribution in [0.1, 0.15) is 59.7 Å². The molecule has 0 saturated heterocycles. The highest BCUT2D eigenvalue weighted by atomic mass is 35.5. The second-order valence-corrected chi connectivity index (χ2v) is 9.29. The van der Waals surface area contributed by atoms with Gasteiger partial charge in [-0.3, -0.25) is 14.6 Å². The van der Waals surface area contributed by atoms with E-state index in [1.165, 1.54) is 9.20 Å². The summed E-state index contributed by atoms with van der Waals surface area (Å²) < 4.78 is 14.2. The molecule has 0 aliphatic carbocycles. The number of fused-ring (bicyclic) bond motifs is 1. The molecule has 0 unspecified atom stereocenters. The number of aliphatic hydroxyl groups excluding tert-OH is 1. The van der Waals surface area contributed by atoms with Gasteiger partial charge < -0.3 is 19.9 Å². The molecular weight excluding hydrogens is 500 g/mol. The number of ketones is 1. The SMILES string of the molecule is CCNC(=O)c1cc(C)c2nn(CC(=O)c3cc(OCCO)c(OC)c(C(C)(C)C)c3)/c(=N\C)n2n1.Cl. The van der Waals surface area contributed by atoms with Gasteiger partial charge in [-0.05, 0) is 43.0 Å². The van der Waals surface area contributed by atoms with Crippen LogP contribution in [-0.2, 0) is 12.0 Å². The molecule has 2 heterocycles. The van der Waals surface area contributed by atoms with Gasteiger partial charge in [0.25, 0.3) is 5.91 Å². The average Bonchev–Trinajstić information content (AvgIpc) is 3.18. The standard InChI is InChI=1S/C25H34N6O5.ClH/c1-8-27-23(34)18-11-15(2)22-29-30(24(26-6)31(22)28-18)14-19(33)16-12-17(25(3,4)5)21(35-7)20(13-16)36-10-9-32;/h11-13,32H,8-10,14H2,1-7H3,(H,27,34);1H/b26-24+;. The first-order valence-corrected chi connectivity index (χ1v) is 11.7. The molecule has 0 aliphatic rings. The Labute approximate surface area is 221 Å². The first kappa shape index (κ1) is 29.8. The molecule has 0 bridgehead atoms. The van der Waals surface area contributed by atoms with Crippen molar-refractivity contribution < 1.29 is 24.2 Å². The second kappa shape index (κ2) is 12.2. The highest BCUT2D eigenvalue weighted by molar-refractivity contribution is 5.97. The molecule has 0 saturated carbocycles. The van der Waals surface area contributed by atoms with Crippen LogP contribution in [0.2, 0.25) is 0 Å². The van der Waals surface area contributed by atoms with Crippen LogP contribution in [0.25, 0.3) is 5.65 Å². The van der Waals surface area contributed by atoms with Crippen molar-refractivity contribution in [3.05, 3.63) is 46.2 Å². The maximum Gasteiger partial charge on any atom is 0.271 e. The van der Waals surface area contributed by atoms with Crippen molar-refractivity contribution in [1.82, 2.24) is 24.7 Å². The van der Waals surface area contributed by atoms with E-state index in [1.54, 1.807) is 32.4 Å². The Morgan fingerprint density at radius 2 is 1.89 bits per heavy atom. The summed E-state index contributed by atoms with van der Waals surface area (Å²) in [6, 6.07) is 5.06. The Morgan fingerprint density at radius 3 is 2.46 bits per heavy atom. The molecule has 3 rings (SSSR count). The molecule has 0 aliphatic heterocycles. The smallest absolute Gasteiger partial charge is 0.271 e. The Kier molecular flexibility index (Phi) is 9.82. The molecule has 12 heteroatoms. The predicted octanol–water partition coefficient (Wildman–Crippen LogP) is 2.10. The maximum absolute atomic E-state index is 13.5. The van der Waals surface area contributed by atoms with E-state index in [0.29, 0.717) is 34.9 Å². The van der Waals surface area contributed by atoms with Crippen LogP contribution in [0.15, 0.2) is 23.2 Å². The van der Waals surface area contributed by atoms with Crippen molar-refractivity contribution in [3.63, 3.8) is 0 Å². The topological polar surface area (TPSA) is 132 Å². The minimum atomic E-state index is -0.338. The number of carbonyl (C=O) groups is 2. The Morgan fingerprint density at radius 1 is 1.19 bits per heavy atom. The van der Waals surface area contributed by atoms with Gasteiger partial charge in [0.2, 0.25) is 5.62 Å². The van der Waals surface area contributed by atoms with Crippen molar-refractivity contribution in [2.75, 3.05) is 33.9 Å². The molecule has 37 heavy (non-hydrogen) atoms. The second-order valence-electron chi connectivity index (χ2n) is 9.29. The van der Waals surface area contributed by atoms with Gasteiger partial charge in [-0.15, -0.1) is 17.5 Å². The Balaban J connectivity index is 0.00000481. The van der Waals surface area contributed by atoms with E-state index in [-0.39, 0.29) is 55.0 Å². The first-order valence-electron chi connectivity index (χ1n) is 11.7. The summed E-state index contributed by atoms with van der Waals surface area (Å²) in [6.07, 6.45) is 0. The predicted molar refractivity (Wildman–Crippen MR) is 141 cm³/mol.